The molecule has 2 atom stereocenters. The zero-order valence-electron chi connectivity index (χ0n) is 15.1. The van der Waals surface area contributed by atoms with Crippen LogP contribution in [0.15, 0.2) is 29.6 Å². The first-order valence-corrected chi connectivity index (χ1v) is 9.69. The normalized spacial score (nSPS) is 23.3. The summed E-state index contributed by atoms with van der Waals surface area (Å²) < 4.78 is 13.8. The second-order valence-electron chi connectivity index (χ2n) is 7.07. The van der Waals surface area contributed by atoms with Gasteiger partial charge in [0, 0.05) is 37.0 Å². The van der Waals surface area contributed by atoms with E-state index in [2.05, 4.69) is 10.3 Å². The highest BCUT2D eigenvalue weighted by molar-refractivity contribution is 7.09. The molecule has 2 fully saturated rings. The zero-order chi connectivity index (χ0) is 17.4. The van der Waals surface area contributed by atoms with Gasteiger partial charge >= 0.3 is 0 Å². The molecule has 2 unspecified atom stereocenters. The lowest BCUT2D eigenvalue weighted by atomic mass is 9.98. The van der Waals surface area contributed by atoms with Crippen LogP contribution in [-0.4, -0.2) is 41.0 Å². The molecule has 4 rings (SSSR count). The summed E-state index contributed by atoms with van der Waals surface area (Å²) >= 11 is 1.42. The molecular weight excluding hydrogens is 408 g/mol. The van der Waals surface area contributed by atoms with Crippen LogP contribution in [0.4, 0.5) is 4.39 Å². The van der Waals surface area contributed by atoms with Crippen molar-refractivity contribution in [1.82, 2.24) is 15.2 Å². The Morgan fingerprint density at radius 3 is 2.59 bits per heavy atom. The predicted molar refractivity (Wildman–Crippen MR) is 111 cm³/mol. The molecule has 1 N–H and O–H groups in total. The maximum atomic E-state index is 13.8. The van der Waals surface area contributed by atoms with Crippen molar-refractivity contribution in [1.29, 1.82) is 0 Å². The average molecular weight is 432 g/mol. The van der Waals surface area contributed by atoms with Crippen LogP contribution in [0.2, 0.25) is 0 Å². The molecule has 2 aliphatic rings. The minimum absolute atomic E-state index is 0. The number of amides is 1. The smallest absolute Gasteiger partial charge is 0.273 e. The third-order valence-electron chi connectivity index (χ3n) is 5.39. The Morgan fingerprint density at radius 2 is 1.93 bits per heavy atom. The molecular formula is C19H24Cl2FN3OS. The van der Waals surface area contributed by atoms with Crippen molar-refractivity contribution in [3.05, 3.63) is 51.7 Å². The van der Waals surface area contributed by atoms with Crippen LogP contribution in [0, 0.1) is 5.82 Å². The van der Waals surface area contributed by atoms with Gasteiger partial charge in [-0.25, -0.2) is 9.37 Å². The highest BCUT2D eigenvalue weighted by Crippen LogP contribution is 2.30. The van der Waals surface area contributed by atoms with Crippen molar-refractivity contribution < 1.29 is 9.18 Å². The number of rotatable bonds is 4. The number of thiazole rings is 1. The first-order chi connectivity index (χ1) is 12.1. The maximum absolute atomic E-state index is 13.8. The average Bonchev–Trinajstić information content (AvgIpc) is 3.22. The van der Waals surface area contributed by atoms with Gasteiger partial charge in [-0.3, -0.25) is 4.79 Å². The van der Waals surface area contributed by atoms with Crippen molar-refractivity contribution in [2.75, 3.05) is 7.05 Å². The van der Waals surface area contributed by atoms with Crippen LogP contribution < -0.4 is 5.32 Å². The minimum Gasteiger partial charge on any atom is -0.337 e. The lowest BCUT2D eigenvalue weighted by Gasteiger charge is -2.35. The molecule has 0 radical (unpaired) electrons. The third-order valence-corrected chi connectivity index (χ3v) is 6.24. The SMILES string of the molecule is CN(C(=O)c1csc(Cc2ccccc2F)n1)C1CC2CCC(C1)N2.Cl.Cl. The topological polar surface area (TPSA) is 45.2 Å². The molecule has 1 amide bonds. The lowest BCUT2D eigenvalue weighted by Crippen LogP contribution is -2.48. The quantitative estimate of drug-likeness (QED) is 0.792. The molecule has 2 bridgehead atoms. The van der Waals surface area contributed by atoms with Crippen LogP contribution in [0.1, 0.15) is 46.7 Å². The molecule has 27 heavy (non-hydrogen) atoms. The van der Waals surface area contributed by atoms with Crippen LogP contribution in [0.3, 0.4) is 0 Å². The minimum atomic E-state index is -0.229. The Kier molecular flexibility index (Phi) is 7.63. The second kappa shape index (κ2) is 9.32. The number of halogens is 3. The van der Waals surface area contributed by atoms with Gasteiger partial charge < -0.3 is 10.2 Å². The fraction of sp³-hybridized carbons (Fsp3) is 0.474. The highest BCUT2D eigenvalue weighted by Gasteiger charge is 2.36. The van der Waals surface area contributed by atoms with Crippen LogP contribution in [-0.2, 0) is 6.42 Å². The molecule has 2 aromatic rings. The Labute approximate surface area is 175 Å². The monoisotopic (exact) mass is 431 g/mol. The first kappa shape index (κ1) is 22.1. The molecule has 1 aromatic carbocycles. The Bertz CT molecular complexity index is 776. The number of aromatic nitrogens is 1. The Morgan fingerprint density at radius 1 is 1.26 bits per heavy atom. The van der Waals surface area contributed by atoms with Crippen LogP contribution in [0.5, 0.6) is 0 Å². The summed E-state index contributed by atoms with van der Waals surface area (Å²) in [6, 6.07) is 8.08. The third kappa shape index (κ3) is 4.80. The van der Waals surface area contributed by atoms with E-state index in [-0.39, 0.29) is 42.6 Å². The van der Waals surface area contributed by atoms with Gasteiger partial charge in [0.25, 0.3) is 5.91 Å². The van der Waals surface area contributed by atoms with E-state index < -0.39 is 0 Å². The van der Waals surface area contributed by atoms with Crippen molar-refractivity contribution in [3.8, 4) is 0 Å². The Hall–Kier alpha value is -1.21. The summed E-state index contributed by atoms with van der Waals surface area (Å²) in [6.07, 6.45) is 4.89. The van der Waals surface area contributed by atoms with Crippen molar-refractivity contribution in [3.63, 3.8) is 0 Å². The number of carbonyl (C=O) groups is 1. The van der Waals surface area contributed by atoms with Gasteiger partial charge in [-0.15, -0.1) is 36.2 Å². The largest absolute Gasteiger partial charge is 0.337 e. The lowest BCUT2D eigenvalue weighted by molar-refractivity contribution is 0.0676. The fourth-order valence-corrected chi connectivity index (χ4v) is 4.78. The number of piperidine rings is 1. The van der Waals surface area contributed by atoms with Crippen LogP contribution >= 0.6 is 36.2 Å². The predicted octanol–water partition coefficient (Wildman–Crippen LogP) is 4.07. The molecule has 2 aliphatic heterocycles. The first-order valence-electron chi connectivity index (χ1n) is 8.81. The van der Waals surface area contributed by atoms with E-state index in [0.29, 0.717) is 29.8 Å². The van der Waals surface area contributed by atoms with Crippen molar-refractivity contribution >= 4 is 42.1 Å². The van der Waals surface area contributed by atoms with Crippen molar-refractivity contribution in [2.24, 2.45) is 0 Å². The van der Waals surface area contributed by atoms with Gasteiger partial charge in [0.2, 0.25) is 0 Å². The van der Waals surface area contributed by atoms with Gasteiger partial charge in [0.05, 0.1) is 5.01 Å². The van der Waals surface area contributed by atoms with E-state index in [4.69, 9.17) is 0 Å². The zero-order valence-corrected chi connectivity index (χ0v) is 17.5. The molecule has 0 aliphatic carbocycles. The van der Waals surface area contributed by atoms with Gasteiger partial charge in [0.15, 0.2) is 0 Å². The van der Waals surface area contributed by atoms with E-state index in [0.717, 1.165) is 17.8 Å². The summed E-state index contributed by atoms with van der Waals surface area (Å²) in [6.45, 7) is 0. The molecule has 3 heterocycles. The van der Waals surface area contributed by atoms with E-state index in [1.165, 1.54) is 30.2 Å². The number of benzene rings is 1. The summed E-state index contributed by atoms with van der Waals surface area (Å²) in [5, 5.41) is 6.17. The number of fused-ring (bicyclic) bond motifs is 2. The molecule has 148 valence electrons. The number of hydrogen-bond donors (Lipinski definition) is 1. The van der Waals surface area contributed by atoms with Gasteiger partial charge in [-0.2, -0.15) is 0 Å². The van der Waals surface area contributed by atoms with Gasteiger partial charge in [-0.05, 0) is 37.3 Å². The summed E-state index contributed by atoms with van der Waals surface area (Å²) in [4.78, 5) is 19.1. The number of carbonyl (C=O) groups excluding carboxylic acids is 1. The molecule has 8 heteroatoms. The molecule has 0 saturated carbocycles. The van der Waals surface area contributed by atoms with Gasteiger partial charge in [0.1, 0.15) is 11.5 Å². The number of nitrogens with zero attached hydrogens (tertiary/aromatic N) is 2. The van der Waals surface area contributed by atoms with Crippen LogP contribution in [0.25, 0.3) is 0 Å². The molecule has 1 aromatic heterocycles. The molecule has 0 spiro atoms. The molecule has 2 saturated heterocycles. The number of hydrogen-bond acceptors (Lipinski definition) is 4. The standard InChI is InChI=1S/C19H22FN3OS.2ClH/c1-23(15-9-13-6-7-14(10-15)21-13)19(24)17-11-25-18(22-17)8-12-4-2-3-5-16(12)20;;/h2-5,11,13-15,21H,6-10H2,1H3;2*1H. The number of nitrogens with one attached hydrogen (secondary N) is 1. The van der Waals surface area contributed by atoms with Gasteiger partial charge in [-0.1, -0.05) is 18.2 Å². The molecule has 4 nitrogen and oxygen atoms in total. The summed E-state index contributed by atoms with van der Waals surface area (Å²) in [5.74, 6) is -0.254. The van der Waals surface area contributed by atoms with E-state index in [1.807, 2.05) is 18.0 Å². The summed E-state index contributed by atoms with van der Waals surface area (Å²) in [5.41, 5.74) is 1.09. The van der Waals surface area contributed by atoms with E-state index in [1.54, 1.807) is 17.5 Å². The Balaban J connectivity index is 0.00000131. The van der Waals surface area contributed by atoms with E-state index in [9.17, 15) is 9.18 Å². The second-order valence-corrected chi connectivity index (χ2v) is 8.02. The fourth-order valence-electron chi connectivity index (χ4n) is 3.98. The van der Waals surface area contributed by atoms with Crippen molar-refractivity contribution in [2.45, 2.75) is 50.2 Å². The van der Waals surface area contributed by atoms with E-state index >= 15 is 0 Å². The summed E-state index contributed by atoms with van der Waals surface area (Å²) in [7, 11) is 1.88. The maximum Gasteiger partial charge on any atom is 0.273 e. The highest BCUT2D eigenvalue weighted by atomic mass is 35.5.